The molecule has 240 valence electrons. The monoisotopic (exact) mass is 593 g/mol. The number of nitrogens with one attached hydrogen (secondary N) is 1. The van der Waals surface area contributed by atoms with Crippen molar-refractivity contribution < 1.29 is 9.63 Å². The lowest BCUT2D eigenvalue weighted by atomic mass is 10.0. The minimum atomic E-state index is 0.175. The van der Waals surface area contributed by atoms with Gasteiger partial charge in [-0.1, -0.05) is 122 Å². The summed E-state index contributed by atoms with van der Waals surface area (Å²) in [7, 11) is 0. The van der Waals surface area contributed by atoms with Crippen LogP contribution in [0.4, 0.5) is 0 Å². The molecule has 3 aromatic rings. The Hall–Kier alpha value is -2.67. The maximum atomic E-state index is 12.2. The van der Waals surface area contributed by atoms with Crippen LogP contribution in [0.15, 0.2) is 30.6 Å². The third kappa shape index (κ3) is 12.5. The number of para-hydroxylation sites is 1. The number of hydrogen-bond donors (Lipinski definition) is 2. The fourth-order valence-electron chi connectivity index (χ4n) is 5.91. The van der Waals surface area contributed by atoms with E-state index < -0.39 is 0 Å². The van der Waals surface area contributed by atoms with E-state index in [0.29, 0.717) is 26.1 Å². The number of rotatable bonds is 25. The lowest BCUT2D eigenvalue weighted by Crippen LogP contribution is -2.24. The summed E-state index contributed by atoms with van der Waals surface area (Å²) < 4.78 is 1.78. The fraction of sp³-hybridized carbons (Fsp3) is 0.694. The summed E-state index contributed by atoms with van der Waals surface area (Å²) in [6.45, 7) is 6.30. The molecule has 7 nitrogen and oxygen atoms in total. The number of imidazole rings is 1. The topological polar surface area (TPSA) is 95.1 Å². The first-order chi connectivity index (χ1) is 21.2. The van der Waals surface area contributed by atoms with E-state index in [2.05, 4.69) is 30.2 Å². The van der Waals surface area contributed by atoms with Crippen molar-refractivity contribution in [1.29, 1.82) is 0 Å². The van der Waals surface area contributed by atoms with E-state index in [9.17, 15) is 4.79 Å². The first kappa shape index (κ1) is 34.8. The highest BCUT2D eigenvalue weighted by atomic mass is 16.7. The van der Waals surface area contributed by atoms with Crippen molar-refractivity contribution in [3.63, 3.8) is 0 Å². The van der Waals surface area contributed by atoms with Crippen LogP contribution in [0.1, 0.15) is 147 Å². The molecular formula is C36H59N5O2. The van der Waals surface area contributed by atoms with E-state index in [4.69, 9.17) is 15.6 Å². The molecule has 7 heteroatoms. The van der Waals surface area contributed by atoms with Gasteiger partial charge in [0.1, 0.15) is 24.0 Å². The van der Waals surface area contributed by atoms with Crippen molar-refractivity contribution in [2.75, 3.05) is 19.7 Å². The summed E-state index contributed by atoms with van der Waals surface area (Å²) in [4.78, 5) is 27.9. The Kier molecular flexibility index (Phi) is 17.1. The molecule has 0 radical (unpaired) electrons. The predicted molar refractivity (Wildman–Crippen MR) is 180 cm³/mol. The number of benzene rings is 1. The van der Waals surface area contributed by atoms with E-state index in [0.717, 1.165) is 59.7 Å². The number of carbonyl (C=O) groups is 1. The zero-order valence-corrected chi connectivity index (χ0v) is 27.3. The summed E-state index contributed by atoms with van der Waals surface area (Å²) >= 11 is 0. The fourth-order valence-corrected chi connectivity index (χ4v) is 5.91. The van der Waals surface area contributed by atoms with E-state index in [1.165, 1.54) is 83.5 Å². The molecular weight excluding hydrogens is 534 g/mol. The van der Waals surface area contributed by atoms with Gasteiger partial charge >= 0.3 is 0 Å². The highest BCUT2D eigenvalue weighted by molar-refractivity contribution is 6.03. The van der Waals surface area contributed by atoms with E-state index in [-0.39, 0.29) is 11.8 Å². The number of carbonyl (C=O) groups excluding carboxylic acids is 1. The quantitative estimate of drug-likeness (QED) is 0.0959. The molecule has 1 atom stereocenters. The number of unbranched alkanes of at least 4 members (excludes halogenated alkanes) is 15. The lowest BCUT2D eigenvalue weighted by Gasteiger charge is -2.13. The van der Waals surface area contributed by atoms with Crippen LogP contribution in [0.2, 0.25) is 0 Å². The molecule has 43 heavy (non-hydrogen) atoms. The molecule has 0 aliphatic rings. The van der Waals surface area contributed by atoms with E-state index in [1.807, 2.05) is 18.2 Å². The Labute approximate surface area is 260 Å². The summed E-state index contributed by atoms with van der Waals surface area (Å²) in [5, 5.41) is 4.11. The molecule has 1 amide bonds. The van der Waals surface area contributed by atoms with Crippen LogP contribution in [0, 0.1) is 0 Å². The van der Waals surface area contributed by atoms with Crippen LogP contribution in [-0.2, 0) is 4.79 Å². The molecule has 2 aromatic heterocycles. The number of fused-ring (bicyclic) bond motifs is 3. The summed E-state index contributed by atoms with van der Waals surface area (Å²) in [6.07, 6.45) is 25.1. The van der Waals surface area contributed by atoms with Crippen LogP contribution in [0.25, 0.3) is 21.9 Å². The Morgan fingerprint density at radius 1 is 0.884 bits per heavy atom. The standard InChI is InChI=1S/C36H59N5O2/c1-3-4-5-6-7-8-9-10-11-12-13-14-15-16-17-24-33(42)38-27-20-21-28-43-41-29-39-35-34(30(2)25-26-37)40-32-23-19-18-22-31(32)36(35)41/h18-19,22-23,29-30H,3-17,20-21,24-28,37H2,1-2H3,(H,38,42). The number of nitrogens with two attached hydrogens (primary N) is 1. The molecule has 2 heterocycles. The predicted octanol–water partition coefficient (Wildman–Crippen LogP) is 8.62. The minimum Gasteiger partial charge on any atom is -0.412 e. The number of aromatic nitrogens is 3. The van der Waals surface area contributed by atoms with Crippen LogP contribution >= 0.6 is 0 Å². The van der Waals surface area contributed by atoms with Crippen LogP contribution in [-0.4, -0.2) is 40.3 Å². The zero-order chi connectivity index (χ0) is 30.5. The maximum absolute atomic E-state index is 12.2. The lowest BCUT2D eigenvalue weighted by molar-refractivity contribution is -0.121. The van der Waals surface area contributed by atoms with Gasteiger partial charge in [-0.3, -0.25) is 9.78 Å². The third-order valence-electron chi connectivity index (χ3n) is 8.58. The summed E-state index contributed by atoms with van der Waals surface area (Å²) in [5.74, 6) is 0.396. The van der Waals surface area contributed by atoms with Crippen molar-refractivity contribution in [2.45, 2.75) is 142 Å². The van der Waals surface area contributed by atoms with Gasteiger partial charge in [0, 0.05) is 24.3 Å². The summed E-state index contributed by atoms with van der Waals surface area (Å²) in [5.41, 5.74) is 9.58. The van der Waals surface area contributed by atoms with Gasteiger partial charge in [-0.25, -0.2) is 4.98 Å². The normalized spacial score (nSPS) is 12.3. The first-order valence-corrected chi connectivity index (χ1v) is 17.5. The van der Waals surface area contributed by atoms with Gasteiger partial charge in [-0.05, 0) is 38.3 Å². The second kappa shape index (κ2) is 21.1. The molecule has 0 fully saturated rings. The van der Waals surface area contributed by atoms with Gasteiger partial charge in [0.05, 0.1) is 11.2 Å². The highest BCUT2D eigenvalue weighted by Crippen LogP contribution is 2.30. The summed E-state index contributed by atoms with van der Waals surface area (Å²) in [6, 6.07) is 8.13. The highest BCUT2D eigenvalue weighted by Gasteiger charge is 2.18. The van der Waals surface area contributed by atoms with Gasteiger partial charge in [-0.15, -0.1) is 0 Å². The van der Waals surface area contributed by atoms with Gasteiger partial charge in [0.25, 0.3) is 0 Å². The second-order valence-electron chi connectivity index (χ2n) is 12.4. The first-order valence-electron chi connectivity index (χ1n) is 17.5. The molecule has 0 spiro atoms. The van der Waals surface area contributed by atoms with Crippen molar-refractivity contribution >= 4 is 27.8 Å². The van der Waals surface area contributed by atoms with Gasteiger partial charge in [-0.2, -0.15) is 4.73 Å². The number of hydrogen-bond acceptors (Lipinski definition) is 5. The maximum Gasteiger partial charge on any atom is 0.219 e. The smallest absolute Gasteiger partial charge is 0.219 e. The average molecular weight is 594 g/mol. The number of pyridine rings is 1. The Morgan fingerprint density at radius 3 is 2.16 bits per heavy atom. The molecule has 0 saturated carbocycles. The van der Waals surface area contributed by atoms with Crippen molar-refractivity contribution in [1.82, 2.24) is 20.0 Å². The zero-order valence-electron chi connectivity index (χ0n) is 27.3. The van der Waals surface area contributed by atoms with Crippen LogP contribution in [0.5, 0.6) is 0 Å². The van der Waals surface area contributed by atoms with Crippen molar-refractivity contribution in [3.8, 4) is 0 Å². The molecule has 3 N–H and O–H groups in total. The van der Waals surface area contributed by atoms with Crippen molar-refractivity contribution in [2.24, 2.45) is 5.73 Å². The molecule has 1 unspecified atom stereocenters. The largest absolute Gasteiger partial charge is 0.412 e. The number of nitrogens with zero attached hydrogens (tertiary/aromatic N) is 3. The van der Waals surface area contributed by atoms with E-state index in [1.54, 1.807) is 11.1 Å². The Bertz CT molecular complexity index is 1180. The Morgan fingerprint density at radius 2 is 1.51 bits per heavy atom. The number of amides is 1. The van der Waals surface area contributed by atoms with Gasteiger partial charge < -0.3 is 15.9 Å². The molecule has 0 saturated heterocycles. The van der Waals surface area contributed by atoms with Crippen LogP contribution in [0.3, 0.4) is 0 Å². The second-order valence-corrected chi connectivity index (χ2v) is 12.4. The SMILES string of the molecule is CCCCCCCCCCCCCCCCCC(=O)NCCCCOn1cnc2c(C(C)CCN)nc3ccccc3c21. The van der Waals surface area contributed by atoms with E-state index >= 15 is 0 Å². The molecule has 0 bridgehead atoms. The van der Waals surface area contributed by atoms with Gasteiger partial charge in [0.2, 0.25) is 5.91 Å². The molecule has 0 aliphatic carbocycles. The Balaban J connectivity index is 1.22. The molecule has 1 aromatic carbocycles. The van der Waals surface area contributed by atoms with Crippen molar-refractivity contribution in [3.05, 3.63) is 36.3 Å². The average Bonchev–Trinajstić information content (AvgIpc) is 3.44. The van der Waals surface area contributed by atoms with Crippen LogP contribution < -0.4 is 15.9 Å². The minimum absolute atomic E-state index is 0.175. The molecule has 3 rings (SSSR count). The molecule has 0 aliphatic heterocycles. The third-order valence-corrected chi connectivity index (χ3v) is 8.58. The van der Waals surface area contributed by atoms with Gasteiger partial charge in [0.15, 0.2) is 0 Å².